The van der Waals surface area contributed by atoms with Crippen LogP contribution in [0.25, 0.3) is 5.76 Å². The van der Waals surface area contributed by atoms with Crippen LogP contribution in [0.4, 0.5) is 0 Å². The second kappa shape index (κ2) is 12.5. The molecule has 198 valence electrons. The van der Waals surface area contributed by atoms with E-state index in [1.165, 1.54) is 12.0 Å². The number of likely N-dealkylation sites (tertiary alicyclic amines) is 1. The van der Waals surface area contributed by atoms with E-state index in [2.05, 4.69) is 11.5 Å². The van der Waals surface area contributed by atoms with Gasteiger partial charge in [-0.25, -0.2) is 0 Å². The van der Waals surface area contributed by atoms with Crippen molar-refractivity contribution in [3.05, 3.63) is 71.3 Å². The van der Waals surface area contributed by atoms with Gasteiger partial charge in [-0.15, -0.1) is 0 Å². The topological polar surface area (TPSA) is 88.5 Å². The fourth-order valence-corrected chi connectivity index (χ4v) is 4.53. The number of ether oxygens (including phenoxy) is 3. The minimum absolute atomic E-state index is 0.0379. The Morgan fingerprint density at radius 2 is 1.73 bits per heavy atom. The molecule has 0 radical (unpaired) electrons. The molecule has 1 fully saturated rings. The van der Waals surface area contributed by atoms with Gasteiger partial charge >= 0.3 is 0 Å². The summed E-state index contributed by atoms with van der Waals surface area (Å²) in [6, 6.07) is 9.62. The van der Waals surface area contributed by atoms with E-state index < -0.39 is 17.7 Å². The zero-order chi connectivity index (χ0) is 27.1. The summed E-state index contributed by atoms with van der Waals surface area (Å²) in [5.41, 5.74) is 1.89. The number of carbonyl (C=O) groups is 2. The molecule has 1 heterocycles. The average molecular weight is 509 g/mol. The van der Waals surface area contributed by atoms with Gasteiger partial charge in [0.25, 0.3) is 11.7 Å². The minimum atomic E-state index is -0.785. The van der Waals surface area contributed by atoms with Gasteiger partial charge in [0, 0.05) is 18.7 Å². The average Bonchev–Trinajstić information content (AvgIpc) is 3.17. The third-order valence-corrected chi connectivity index (χ3v) is 6.62. The van der Waals surface area contributed by atoms with Gasteiger partial charge in [0.05, 0.1) is 25.8 Å². The molecule has 2 aromatic rings. The van der Waals surface area contributed by atoms with Gasteiger partial charge in [0.2, 0.25) is 0 Å². The van der Waals surface area contributed by atoms with Crippen LogP contribution < -0.4 is 14.2 Å². The van der Waals surface area contributed by atoms with Crippen molar-refractivity contribution in [2.45, 2.75) is 26.8 Å². The summed E-state index contributed by atoms with van der Waals surface area (Å²) < 4.78 is 16.5. The number of nitrogens with zero attached hydrogens (tertiary/aromatic N) is 2. The van der Waals surface area contributed by atoms with Crippen molar-refractivity contribution in [3.63, 3.8) is 0 Å². The summed E-state index contributed by atoms with van der Waals surface area (Å²) in [5, 5.41) is 11.4. The maximum atomic E-state index is 13.4. The van der Waals surface area contributed by atoms with E-state index in [9.17, 15) is 14.7 Å². The van der Waals surface area contributed by atoms with Gasteiger partial charge in [-0.1, -0.05) is 32.6 Å². The van der Waals surface area contributed by atoms with Crippen LogP contribution >= 0.6 is 0 Å². The number of ketones is 1. The van der Waals surface area contributed by atoms with E-state index in [0.29, 0.717) is 48.1 Å². The third kappa shape index (κ3) is 5.80. The first kappa shape index (κ1) is 27.8. The smallest absolute Gasteiger partial charge is 0.295 e. The highest BCUT2D eigenvalue weighted by Crippen LogP contribution is 2.42. The summed E-state index contributed by atoms with van der Waals surface area (Å²) in [5.74, 6) is 0.0398. The largest absolute Gasteiger partial charge is 0.507 e. The van der Waals surface area contributed by atoms with Crippen molar-refractivity contribution in [1.82, 2.24) is 9.80 Å². The molecule has 0 bridgehead atoms. The van der Waals surface area contributed by atoms with Gasteiger partial charge in [0.1, 0.15) is 18.1 Å². The van der Waals surface area contributed by atoms with E-state index in [4.69, 9.17) is 14.2 Å². The first-order chi connectivity index (χ1) is 17.8. The maximum absolute atomic E-state index is 13.4. The normalized spacial score (nSPS) is 16.8. The number of likely N-dealkylation sites (N-methyl/N-ethyl adjacent to an activating group) is 1. The van der Waals surface area contributed by atoms with Crippen molar-refractivity contribution in [2.75, 3.05) is 47.0 Å². The Bertz CT molecular complexity index is 1180. The number of hydrogen-bond acceptors (Lipinski definition) is 7. The lowest BCUT2D eigenvalue weighted by atomic mass is 9.94. The Balaban J connectivity index is 2.14. The van der Waals surface area contributed by atoms with Crippen LogP contribution in [-0.2, 0) is 9.59 Å². The number of Topliss-reactive ketones (excluding diaryl/α,β-unsaturated/α-hetero) is 1. The van der Waals surface area contributed by atoms with Gasteiger partial charge in [0.15, 0.2) is 11.5 Å². The van der Waals surface area contributed by atoms with Crippen molar-refractivity contribution >= 4 is 17.4 Å². The molecule has 0 saturated carbocycles. The lowest BCUT2D eigenvalue weighted by Gasteiger charge is -2.28. The number of aliphatic hydroxyl groups excluding tert-OH is 1. The van der Waals surface area contributed by atoms with Gasteiger partial charge in [-0.3, -0.25) is 9.59 Å². The molecule has 1 aliphatic rings. The van der Waals surface area contributed by atoms with E-state index >= 15 is 0 Å². The Morgan fingerprint density at radius 1 is 1.05 bits per heavy atom. The highest BCUT2D eigenvalue weighted by molar-refractivity contribution is 6.46. The molecular weight excluding hydrogens is 472 g/mol. The van der Waals surface area contributed by atoms with Gasteiger partial charge in [-0.05, 0) is 61.5 Å². The van der Waals surface area contributed by atoms with Crippen LogP contribution in [-0.4, -0.2) is 73.6 Å². The number of benzene rings is 2. The van der Waals surface area contributed by atoms with Gasteiger partial charge < -0.3 is 29.1 Å². The molecule has 0 aliphatic carbocycles. The van der Waals surface area contributed by atoms with Crippen molar-refractivity contribution in [3.8, 4) is 17.2 Å². The van der Waals surface area contributed by atoms with Crippen molar-refractivity contribution in [1.29, 1.82) is 0 Å². The van der Waals surface area contributed by atoms with E-state index in [1.807, 2.05) is 20.8 Å². The summed E-state index contributed by atoms with van der Waals surface area (Å²) in [4.78, 5) is 30.3. The number of aliphatic hydroxyl groups is 1. The lowest BCUT2D eigenvalue weighted by Crippen LogP contribution is -2.38. The zero-order valence-electron chi connectivity index (χ0n) is 22.2. The Morgan fingerprint density at radius 3 is 2.32 bits per heavy atom. The number of methoxy groups -OCH3 is 2. The highest BCUT2D eigenvalue weighted by Gasteiger charge is 2.46. The van der Waals surface area contributed by atoms with Crippen LogP contribution in [0.3, 0.4) is 0 Å². The second-order valence-electron chi connectivity index (χ2n) is 8.71. The molecule has 1 unspecified atom stereocenters. The number of amides is 1. The summed E-state index contributed by atoms with van der Waals surface area (Å²) >= 11 is 0. The molecule has 1 saturated heterocycles. The Kier molecular flexibility index (Phi) is 9.36. The molecule has 2 aromatic carbocycles. The fourth-order valence-electron chi connectivity index (χ4n) is 4.53. The summed E-state index contributed by atoms with van der Waals surface area (Å²) in [6.07, 6.45) is 1.65. The minimum Gasteiger partial charge on any atom is -0.507 e. The lowest BCUT2D eigenvalue weighted by molar-refractivity contribution is -0.140. The third-order valence-electron chi connectivity index (χ3n) is 6.62. The highest BCUT2D eigenvalue weighted by atomic mass is 16.5. The van der Waals surface area contributed by atoms with E-state index in [1.54, 1.807) is 49.6 Å². The molecule has 1 atom stereocenters. The molecule has 8 heteroatoms. The Hall–Kier alpha value is -3.78. The molecule has 0 spiro atoms. The first-order valence-electron chi connectivity index (χ1n) is 12.4. The van der Waals surface area contributed by atoms with Crippen molar-refractivity contribution < 1.29 is 28.9 Å². The summed E-state index contributed by atoms with van der Waals surface area (Å²) in [7, 11) is 3.07. The number of hydrogen-bond donors (Lipinski definition) is 1. The molecule has 0 aromatic heterocycles. The molecule has 1 aliphatic heterocycles. The van der Waals surface area contributed by atoms with Crippen LogP contribution in [0.15, 0.2) is 54.6 Å². The quantitative estimate of drug-likeness (QED) is 0.197. The molecule has 3 rings (SSSR count). The Labute approximate surface area is 218 Å². The summed E-state index contributed by atoms with van der Waals surface area (Å²) in [6.45, 7) is 12.5. The second-order valence-corrected chi connectivity index (χ2v) is 8.71. The zero-order valence-corrected chi connectivity index (χ0v) is 22.2. The first-order valence-corrected chi connectivity index (χ1v) is 12.4. The fraction of sp³-hybridized carbons (Fsp3) is 0.379. The van der Waals surface area contributed by atoms with Crippen molar-refractivity contribution in [2.24, 2.45) is 0 Å². The van der Waals surface area contributed by atoms with Crippen LogP contribution in [0.1, 0.15) is 36.6 Å². The SMILES string of the molecule is C=CCOc1ccc(C(O)=C2C(=O)C(=O)N(CCN(CC)CC)C2c2ccc(OC)c(OC)c2)cc1C. The maximum Gasteiger partial charge on any atom is 0.295 e. The molecule has 1 amide bonds. The molecular formula is C29H36N2O6. The monoisotopic (exact) mass is 508 g/mol. The predicted molar refractivity (Wildman–Crippen MR) is 143 cm³/mol. The van der Waals surface area contributed by atoms with E-state index in [-0.39, 0.29) is 11.3 Å². The van der Waals surface area contributed by atoms with Gasteiger partial charge in [-0.2, -0.15) is 0 Å². The number of rotatable bonds is 12. The van der Waals surface area contributed by atoms with E-state index in [0.717, 1.165) is 18.7 Å². The van der Waals surface area contributed by atoms with Crippen LogP contribution in [0.2, 0.25) is 0 Å². The molecule has 1 N–H and O–H groups in total. The van der Waals surface area contributed by atoms with Crippen LogP contribution in [0.5, 0.6) is 17.2 Å². The molecule has 8 nitrogen and oxygen atoms in total. The van der Waals surface area contributed by atoms with Crippen LogP contribution in [0, 0.1) is 6.92 Å². The number of carbonyl (C=O) groups excluding carboxylic acids is 2. The predicted octanol–water partition coefficient (Wildman–Crippen LogP) is 4.34. The molecule has 37 heavy (non-hydrogen) atoms. The standard InChI is InChI=1S/C29H36N2O6/c1-7-16-37-22-12-11-21(17-19(22)4)27(32)25-26(20-10-13-23(35-5)24(18-20)36-6)31(29(34)28(25)33)15-14-30(8-2)9-3/h7,10-13,17-18,26,32H,1,8-9,14-16H2,2-6H3. The number of aryl methyl sites for hydroxylation is 1.